The highest BCUT2D eigenvalue weighted by molar-refractivity contribution is 6.08. The van der Waals surface area contributed by atoms with Gasteiger partial charge in [0.1, 0.15) is 0 Å². The number of esters is 1. The quantitative estimate of drug-likeness (QED) is 0.252. The molecular weight excluding hydrogens is 414 g/mol. The number of hydrogen-bond acceptors (Lipinski definition) is 7. The van der Waals surface area contributed by atoms with Crippen LogP contribution in [0.15, 0.2) is 42.5 Å². The van der Waals surface area contributed by atoms with Gasteiger partial charge in [-0.2, -0.15) is 0 Å². The van der Waals surface area contributed by atoms with Gasteiger partial charge in [-0.25, -0.2) is 4.98 Å². The Labute approximate surface area is 184 Å². The number of anilines is 1. The lowest BCUT2D eigenvalue weighted by Crippen LogP contribution is -2.50. The van der Waals surface area contributed by atoms with Gasteiger partial charge in [-0.15, -0.1) is 0 Å². The molecule has 2 aromatic carbocycles. The first kappa shape index (κ1) is 21.6. The fourth-order valence-electron chi connectivity index (χ4n) is 4.15. The summed E-state index contributed by atoms with van der Waals surface area (Å²) in [6.07, 6.45) is 0.561. The minimum absolute atomic E-state index is 0.122. The molecule has 0 fully saturated rings. The summed E-state index contributed by atoms with van der Waals surface area (Å²) >= 11 is 0. The highest BCUT2D eigenvalue weighted by Crippen LogP contribution is 2.42. The molecule has 0 spiro atoms. The number of ether oxygens (including phenoxy) is 2. The third-order valence-electron chi connectivity index (χ3n) is 5.56. The first-order valence-electron chi connectivity index (χ1n) is 10.4. The second-order valence-corrected chi connectivity index (χ2v) is 7.53. The Hall–Kier alpha value is -3.59. The van der Waals surface area contributed by atoms with Gasteiger partial charge < -0.3 is 24.3 Å². The largest absolute Gasteiger partial charge is 0.504 e. The molecule has 0 aliphatic carbocycles. The topological polar surface area (TPSA) is 114 Å². The third kappa shape index (κ3) is 3.64. The van der Waals surface area contributed by atoms with Crippen molar-refractivity contribution in [3.63, 3.8) is 0 Å². The number of carbonyl (C=O) groups excluding carboxylic acids is 2. The lowest BCUT2D eigenvalue weighted by atomic mass is 9.89. The molecule has 0 saturated heterocycles. The zero-order chi connectivity index (χ0) is 22.8. The molecule has 2 N–H and O–H groups in total. The molecule has 1 aliphatic rings. The molecule has 32 heavy (non-hydrogen) atoms. The van der Waals surface area contributed by atoms with Crippen LogP contribution in [0.3, 0.4) is 0 Å². The van der Waals surface area contributed by atoms with Crippen LogP contribution >= 0.6 is 0 Å². The second kappa shape index (κ2) is 8.88. The van der Waals surface area contributed by atoms with Crippen molar-refractivity contribution < 1.29 is 29.3 Å². The van der Waals surface area contributed by atoms with E-state index in [0.717, 1.165) is 5.52 Å². The number of fused-ring (bicyclic) bond motifs is 3. The Morgan fingerprint density at radius 2 is 1.94 bits per heavy atom. The fourth-order valence-corrected chi connectivity index (χ4v) is 4.15. The number of aromatic nitrogens is 2. The Kier molecular flexibility index (Phi) is 6.00. The van der Waals surface area contributed by atoms with E-state index >= 15 is 0 Å². The number of phenols is 2. The fraction of sp³-hybridized carbons (Fsp3) is 0.348. The molecule has 0 unspecified atom stereocenters. The molecule has 0 radical (unpaired) electrons. The predicted octanol–water partition coefficient (Wildman–Crippen LogP) is 2.60. The Bertz CT molecular complexity index is 1160. The second-order valence-electron chi connectivity index (χ2n) is 7.53. The lowest BCUT2D eigenvalue weighted by molar-refractivity contribution is -0.153. The van der Waals surface area contributed by atoms with Crippen LogP contribution in [-0.2, 0) is 19.1 Å². The molecular formula is C23H25N3O6. The number of benzene rings is 2. The molecule has 9 heteroatoms. The molecule has 0 saturated carbocycles. The van der Waals surface area contributed by atoms with E-state index in [2.05, 4.69) is 4.98 Å². The number of imidazole rings is 1. The number of phenolic OH excluding ortho intramolecular Hbond substituents is 2. The van der Waals surface area contributed by atoms with Gasteiger partial charge in [0.2, 0.25) is 11.9 Å². The van der Waals surface area contributed by atoms with E-state index in [1.165, 1.54) is 17.0 Å². The van der Waals surface area contributed by atoms with E-state index in [1.54, 1.807) is 20.1 Å². The number of rotatable bonds is 7. The number of aromatic hydroxyl groups is 2. The van der Waals surface area contributed by atoms with Crippen LogP contribution in [0.4, 0.5) is 5.95 Å². The van der Waals surface area contributed by atoms with Gasteiger partial charge in [-0.05, 0) is 43.2 Å². The first-order valence-corrected chi connectivity index (χ1v) is 10.4. The third-order valence-corrected chi connectivity index (χ3v) is 5.56. The van der Waals surface area contributed by atoms with Crippen LogP contribution in [-0.4, -0.2) is 58.5 Å². The maximum Gasteiger partial charge on any atom is 0.321 e. The zero-order valence-electron chi connectivity index (χ0n) is 17.9. The number of hydrogen-bond donors (Lipinski definition) is 2. The van der Waals surface area contributed by atoms with Gasteiger partial charge in [-0.3, -0.25) is 14.5 Å². The van der Waals surface area contributed by atoms with Crippen LogP contribution in [0.2, 0.25) is 0 Å². The molecule has 2 heterocycles. The molecule has 2 atom stereocenters. The van der Waals surface area contributed by atoms with Crippen LogP contribution in [0.25, 0.3) is 11.0 Å². The molecule has 1 amide bonds. The van der Waals surface area contributed by atoms with Gasteiger partial charge in [0, 0.05) is 20.3 Å². The normalized spacial score (nSPS) is 18.1. The highest BCUT2D eigenvalue weighted by Gasteiger charge is 2.47. The maximum absolute atomic E-state index is 13.6. The number of carbonyl (C=O) groups is 2. The van der Waals surface area contributed by atoms with Crippen LogP contribution in [0, 0.1) is 5.92 Å². The van der Waals surface area contributed by atoms with Crippen LogP contribution in [0.1, 0.15) is 24.9 Å². The van der Waals surface area contributed by atoms with E-state index in [-0.39, 0.29) is 18.1 Å². The number of amides is 1. The summed E-state index contributed by atoms with van der Waals surface area (Å²) in [5.41, 5.74) is 1.89. The van der Waals surface area contributed by atoms with Crippen LogP contribution < -0.4 is 4.90 Å². The minimum atomic E-state index is -1.19. The predicted molar refractivity (Wildman–Crippen MR) is 117 cm³/mol. The van der Waals surface area contributed by atoms with E-state index in [9.17, 15) is 19.8 Å². The average Bonchev–Trinajstić information content (AvgIpc) is 3.16. The van der Waals surface area contributed by atoms with Crippen molar-refractivity contribution >= 4 is 28.9 Å². The van der Waals surface area contributed by atoms with Crippen molar-refractivity contribution in [2.45, 2.75) is 19.4 Å². The van der Waals surface area contributed by atoms with Gasteiger partial charge in [-0.1, -0.05) is 18.2 Å². The molecule has 1 aromatic heterocycles. The highest BCUT2D eigenvalue weighted by atomic mass is 16.5. The summed E-state index contributed by atoms with van der Waals surface area (Å²) in [4.78, 5) is 32.9. The number of nitrogens with zero attached hydrogens (tertiary/aromatic N) is 3. The van der Waals surface area contributed by atoms with E-state index < -0.39 is 23.8 Å². The Morgan fingerprint density at radius 1 is 1.16 bits per heavy atom. The SMILES string of the molecule is CCOC(=O)[C@@H]1C(=O)N(CCCOC)c2nc3ccccc3n2[C@H]1c1ccc(O)c(O)c1. The molecule has 1 aliphatic heterocycles. The summed E-state index contributed by atoms with van der Waals surface area (Å²) in [6.45, 7) is 2.57. The van der Waals surface area contributed by atoms with Crippen molar-refractivity contribution in [2.24, 2.45) is 5.92 Å². The summed E-state index contributed by atoms with van der Waals surface area (Å²) in [6, 6.07) is 10.9. The molecule has 0 bridgehead atoms. The van der Waals surface area contributed by atoms with E-state index in [4.69, 9.17) is 9.47 Å². The molecule has 9 nitrogen and oxygen atoms in total. The van der Waals surface area contributed by atoms with Gasteiger partial charge in [0.15, 0.2) is 17.4 Å². The first-order chi connectivity index (χ1) is 15.5. The molecule has 3 aromatic rings. The summed E-state index contributed by atoms with van der Waals surface area (Å²) in [7, 11) is 1.59. The summed E-state index contributed by atoms with van der Waals surface area (Å²) in [5, 5.41) is 19.9. The van der Waals surface area contributed by atoms with Crippen molar-refractivity contribution in [2.75, 3.05) is 31.8 Å². The van der Waals surface area contributed by atoms with Crippen molar-refractivity contribution in [3.8, 4) is 11.5 Å². The van der Waals surface area contributed by atoms with Gasteiger partial charge in [0.25, 0.3) is 0 Å². The van der Waals surface area contributed by atoms with E-state index in [1.807, 2.05) is 28.8 Å². The lowest BCUT2D eigenvalue weighted by Gasteiger charge is -2.38. The van der Waals surface area contributed by atoms with Gasteiger partial charge >= 0.3 is 5.97 Å². The smallest absolute Gasteiger partial charge is 0.321 e. The standard InChI is InChI=1S/C23H25N3O6/c1-3-32-22(30)19-20(14-9-10-17(27)18(28)13-14)26-16-8-5-4-7-15(16)24-23(26)25(21(19)29)11-6-12-31-2/h4-5,7-10,13,19-20,27-28H,3,6,11-12H2,1-2H3/t19-,20-/m0/s1. The van der Waals surface area contributed by atoms with Crippen molar-refractivity contribution in [3.05, 3.63) is 48.0 Å². The number of para-hydroxylation sites is 2. The van der Waals surface area contributed by atoms with Crippen molar-refractivity contribution in [1.29, 1.82) is 0 Å². The average molecular weight is 439 g/mol. The van der Waals surface area contributed by atoms with Crippen LogP contribution in [0.5, 0.6) is 11.5 Å². The maximum atomic E-state index is 13.6. The zero-order valence-corrected chi connectivity index (χ0v) is 17.9. The summed E-state index contributed by atoms with van der Waals surface area (Å²) < 4.78 is 12.2. The van der Waals surface area contributed by atoms with E-state index in [0.29, 0.717) is 36.6 Å². The Balaban J connectivity index is 1.95. The molecule has 168 valence electrons. The minimum Gasteiger partial charge on any atom is -0.504 e. The van der Waals surface area contributed by atoms with Crippen molar-refractivity contribution in [1.82, 2.24) is 9.55 Å². The number of methoxy groups -OCH3 is 1. The Morgan fingerprint density at radius 3 is 2.66 bits per heavy atom. The van der Waals surface area contributed by atoms with Gasteiger partial charge in [0.05, 0.1) is 23.7 Å². The molecule has 4 rings (SSSR count). The monoisotopic (exact) mass is 439 g/mol. The summed E-state index contributed by atoms with van der Waals surface area (Å²) in [5.74, 6) is -2.50.